The number of carboxylic acids is 1. The molecule has 0 aliphatic rings. The summed E-state index contributed by atoms with van der Waals surface area (Å²) in [5.74, 6) is -3.29. The minimum atomic E-state index is -5.01. The van der Waals surface area contributed by atoms with Crippen molar-refractivity contribution < 1.29 is 36.6 Å². The van der Waals surface area contributed by atoms with E-state index in [4.69, 9.17) is 5.11 Å². The van der Waals surface area contributed by atoms with Crippen molar-refractivity contribution in [1.82, 2.24) is 4.98 Å². The number of hydrogen-bond acceptors (Lipinski definition) is 4. The van der Waals surface area contributed by atoms with E-state index in [1.54, 1.807) is 0 Å². The van der Waals surface area contributed by atoms with Crippen molar-refractivity contribution in [3.05, 3.63) is 23.5 Å². The fraction of sp³-hybridized carbons (Fsp3) is 0.364. The summed E-state index contributed by atoms with van der Waals surface area (Å²) in [4.78, 5) is 16.8. The fourth-order valence-corrected chi connectivity index (χ4v) is 1.26. The minimum Gasteiger partial charge on any atom is -0.478 e. The third kappa shape index (κ3) is 4.36. The zero-order valence-electron chi connectivity index (χ0n) is 10.5. The molecule has 1 rings (SSSR count). The number of pyridine rings is 1. The van der Waals surface area contributed by atoms with Crippen LogP contribution >= 0.6 is 0 Å². The normalized spacial score (nSPS) is 12.6. The summed E-state index contributed by atoms with van der Waals surface area (Å²) in [6, 6.07) is 0.571. The number of halogens is 5. The molecule has 1 aromatic heterocycles. The molecule has 0 aromatic carbocycles. The van der Waals surface area contributed by atoms with E-state index in [0.717, 1.165) is 0 Å². The first-order valence-corrected chi connectivity index (χ1v) is 5.46. The number of carboxylic acid groups (broad SMARTS) is 1. The lowest BCUT2D eigenvalue weighted by Gasteiger charge is -2.12. The summed E-state index contributed by atoms with van der Waals surface area (Å²) in [6.07, 6.45) is -7.62. The van der Waals surface area contributed by atoms with E-state index in [2.05, 4.69) is 14.7 Å². The van der Waals surface area contributed by atoms with Gasteiger partial charge in [0.15, 0.2) is 0 Å². The molecule has 21 heavy (non-hydrogen) atoms. The highest BCUT2D eigenvalue weighted by molar-refractivity contribution is 5.89. The van der Waals surface area contributed by atoms with Gasteiger partial charge in [-0.2, -0.15) is 13.2 Å². The van der Waals surface area contributed by atoms with E-state index in [9.17, 15) is 26.7 Å². The SMILES string of the molecule is CCOC(=Nc1cc(C(=O)O)cnc1C(F)F)C(F)(F)F. The third-order valence-corrected chi connectivity index (χ3v) is 2.10. The quantitative estimate of drug-likeness (QED) is 0.526. The molecular weight excluding hydrogens is 303 g/mol. The second-order valence-electron chi connectivity index (χ2n) is 3.58. The first-order chi connectivity index (χ1) is 9.66. The van der Waals surface area contributed by atoms with Gasteiger partial charge >= 0.3 is 12.1 Å². The van der Waals surface area contributed by atoms with Crippen LogP contribution in [0, 0.1) is 0 Å². The van der Waals surface area contributed by atoms with Crippen LogP contribution in [-0.2, 0) is 4.74 Å². The Morgan fingerprint density at radius 1 is 1.48 bits per heavy atom. The lowest BCUT2D eigenvalue weighted by Crippen LogP contribution is -2.25. The first kappa shape index (κ1) is 16.8. The van der Waals surface area contributed by atoms with Crippen molar-refractivity contribution in [1.29, 1.82) is 0 Å². The Morgan fingerprint density at radius 2 is 2.10 bits per heavy atom. The predicted octanol–water partition coefficient (Wildman–Crippen LogP) is 3.35. The molecule has 0 unspecified atom stereocenters. The van der Waals surface area contributed by atoms with Crippen molar-refractivity contribution in [2.75, 3.05) is 6.61 Å². The van der Waals surface area contributed by atoms with E-state index >= 15 is 0 Å². The number of ether oxygens (including phenoxy) is 1. The van der Waals surface area contributed by atoms with Gasteiger partial charge < -0.3 is 9.84 Å². The minimum absolute atomic E-state index is 0.394. The molecule has 0 bridgehead atoms. The smallest absolute Gasteiger partial charge is 0.468 e. The van der Waals surface area contributed by atoms with Crippen molar-refractivity contribution >= 4 is 17.6 Å². The molecule has 5 nitrogen and oxygen atoms in total. The average Bonchev–Trinajstić information content (AvgIpc) is 2.36. The van der Waals surface area contributed by atoms with Gasteiger partial charge in [-0.15, -0.1) is 0 Å². The first-order valence-electron chi connectivity index (χ1n) is 5.46. The van der Waals surface area contributed by atoms with Crippen molar-refractivity contribution in [2.24, 2.45) is 4.99 Å². The van der Waals surface area contributed by atoms with Crippen molar-refractivity contribution in [3.63, 3.8) is 0 Å². The summed E-state index contributed by atoms with van der Waals surface area (Å²) >= 11 is 0. The summed E-state index contributed by atoms with van der Waals surface area (Å²) < 4.78 is 67.4. The molecule has 1 heterocycles. The Balaban J connectivity index is 3.43. The molecule has 0 fully saturated rings. The van der Waals surface area contributed by atoms with Gasteiger partial charge in [-0.05, 0) is 13.0 Å². The lowest BCUT2D eigenvalue weighted by atomic mass is 10.2. The topological polar surface area (TPSA) is 71.8 Å². The van der Waals surface area contributed by atoms with Gasteiger partial charge in [0.05, 0.1) is 17.9 Å². The maximum absolute atomic E-state index is 12.7. The predicted molar refractivity (Wildman–Crippen MR) is 60.9 cm³/mol. The lowest BCUT2D eigenvalue weighted by molar-refractivity contribution is -0.0776. The number of aliphatic imine (C=N–C) groups is 1. The molecule has 0 aliphatic carbocycles. The Hall–Kier alpha value is -2.26. The van der Waals surface area contributed by atoms with Crippen LogP contribution in [0.3, 0.4) is 0 Å². The van der Waals surface area contributed by atoms with E-state index in [-0.39, 0.29) is 0 Å². The van der Waals surface area contributed by atoms with Crippen LogP contribution in [0.2, 0.25) is 0 Å². The van der Waals surface area contributed by atoms with Gasteiger partial charge in [-0.3, -0.25) is 4.98 Å². The maximum atomic E-state index is 12.7. The molecule has 0 spiro atoms. The van der Waals surface area contributed by atoms with Gasteiger partial charge in [-0.25, -0.2) is 18.6 Å². The fourth-order valence-electron chi connectivity index (χ4n) is 1.26. The highest BCUT2D eigenvalue weighted by Gasteiger charge is 2.38. The number of hydrogen-bond donors (Lipinski definition) is 1. The van der Waals surface area contributed by atoms with Gasteiger partial charge in [0.1, 0.15) is 5.69 Å². The number of alkyl halides is 5. The molecule has 0 atom stereocenters. The summed E-state index contributed by atoms with van der Waals surface area (Å²) in [5, 5.41) is 8.71. The zero-order chi connectivity index (χ0) is 16.2. The van der Waals surface area contributed by atoms with E-state index < -0.39 is 48.0 Å². The number of rotatable bonds is 4. The van der Waals surface area contributed by atoms with E-state index in [1.807, 2.05) is 0 Å². The molecule has 116 valence electrons. The van der Waals surface area contributed by atoms with Gasteiger partial charge in [0, 0.05) is 6.20 Å². The van der Waals surface area contributed by atoms with Crippen LogP contribution < -0.4 is 0 Å². The molecule has 1 aromatic rings. The molecule has 0 saturated carbocycles. The second kappa shape index (κ2) is 6.46. The summed E-state index contributed by atoms with van der Waals surface area (Å²) in [7, 11) is 0. The molecular formula is C11H9F5N2O3. The summed E-state index contributed by atoms with van der Waals surface area (Å²) in [6.45, 7) is 0.857. The molecule has 0 aliphatic heterocycles. The van der Waals surface area contributed by atoms with Gasteiger partial charge in [0.25, 0.3) is 12.3 Å². The number of aromatic nitrogens is 1. The van der Waals surface area contributed by atoms with Crippen molar-refractivity contribution in [2.45, 2.75) is 19.5 Å². The van der Waals surface area contributed by atoms with Crippen LogP contribution in [0.15, 0.2) is 17.3 Å². The molecule has 10 heteroatoms. The van der Waals surface area contributed by atoms with E-state index in [0.29, 0.717) is 12.3 Å². The van der Waals surface area contributed by atoms with Gasteiger partial charge in [-0.1, -0.05) is 0 Å². The molecule has 0 amide bonds. The average molecular weight is 312 g/mol. The number of carbonyl (C=O) groups is 1. The molecule has 1 N–H and O–H groups in total. The maximum Gasteiger partial charge on any atom is 0.468 e. The number of nitrogens with zero attached hydrogens (tertiary/aromatic N) is 2. The van der Waals surface area contributed by atoms with Crippen LogP contribution in [0.4, 0.5) is 27.6 Å². The number of aromatic carboxylic acids is 1. The van der Waals surface area contributed by atoms with E-state index in [1.165, 1.54) is 6.92 Å². The second-order valence-corrected chi connectivity index (χ2v) is 3.58. The third-order valence-electron chi connectivity index (χ3n) is 2.10. The molecule has 0 saturated heterocycles. The summed E-state index contributed by atoms with van der Waals surface area (Å²) in [5.41, 5.74) is -2.55. The van der Waals surface area contributed by atoms with Gasteiger partial charge in [0.2, 0.25) is 0 Å². The Labute approximate surface area is 115 Å². The Kier molecular flexibility index (Phi) is 5.17. The molecule has 0 radical (unpaired) electrons. The largest absolute Gasteiger partial charge is 0.478 e. The Morgan fingerprint density at radius 3 is 2.52 bits per heavy atom. The van der Waals surface area contributed by atoms with Crippen LogP contribution in [0.1, 0.15) is 29.4 Å². The highest BCUT2D eigenvalue weighted by Crippen LogP contribution is 2.30. The highest BCUT2D eigenvalue weighted by atomic mass is 19.4. The van der Waals surface area contributed by atoms with Crippen LogP contribution in [0.5, 0.6) is 0 Å². The van der Waals surface area contributed by atoms with Crippen LogP contribution in [0.25, 0.3) is 0 Å². The monoisotopic (exact) mass is 312 g/mol. The standard InChI is InChI=1S/C11H9F5N2O3/c1-2-21-10(11(14,15)16)18-6-3-5(9(19)20)4-17-7(6)8(12)13/h3-4,8H,2H2,1H3,(H,19,20). The zero-order valence-corrected chi connectivity index (χ0v) is 10.5. The Bertz CT molecular complexity index is 557. The van der Waals surface area contributed by atoms with Crippen molar-refractivity contribution in [3.8, 4) is 0 Å². The van der Waals surface area contributed by atoms with Crippen LogP contribution in [-0.4, -0.2) is 34.7 Å².